The summed E-state index contributed by atoms with van der Waals surface area (Å²) in [6, 6.07) is 1.48. The van der Waals surface area contributed by atoms with Crippen LogP contribution in [-0.4, -0.2) is 53.6 Å². The Kier molecular flexibility index (Phi) is 3.89. The Morgan fingerprint density at radius 2 is 1.95 bits per heavy atom. The third-order valence-electron chi connectivity index (χ3n) is 6.02. The van der Waals surface area contributed by atoms with Crippen LogP contribution in [0.1, 0.15) is 52.4 Å². The van der Waals surface area contributed by atoms with Crippen molar-refractivity contribution in [2.24, 2.45) is 11.7 Å². The second-order valence-corrected chi connectivity index (χ2v) is 7.49. The lowest BCUT2D eigenvalue weighted by atomic mass is 9.75. The van der Waals surface area contributed by atoms with Gasteiger partial charge in [0, 0.05) is 37.3 Å². The maximum atomic E-state index is 6.21. The molecule has 0 aromatic heterocycles. The molecule has 2 N–H and O–H groups in total. The van der Waals surface area contributed by atoms with Gasteiger partial charge in [-0.1, -0.05) is 19.3 Å². The van der Waals surface area contributed by atoms with Gasteiger partial charge in [0.15, 0.2) is 0 Å². The van der Waals surface area contributed by atoms with Crippen molar-refractivity contribution in [3.05, 3.63) is 0 Å². The van der Waals surface area contributed by atoms with Gasteiger partial charge in [-0.15, -0.1) is 0 Å². The monoisotopic (exact) mass is 265 g/mol. The van der Waals surface area contributed by atoms with Gasteiger partial charge in [0.05, 0.1) is 0 Å². The molecule has 3 atom stereocenters. The van der Waals surface area contributed by atoms with Crippen molar-refractivity contribution in [2.75, 3.05) is 26.2 Å². The molecule has 3 fully saturated rings. The molecule has 0 aromatic rings. The fraction of sp³-hybridized carbons (Fsp3) is 1.00. The maximum Gasteiger partial charge on any atom is 0.0310 e. The van der Waals surface area contributed by atoms with Crippen LogP contribution < -0.4 is 5.73 Å². The average Bonchev–Trinajstić information content (AvgIpc) is 2.79. The molecule has 0 bridgehead atoms. The molecule has 0 aromatic carbocycles. The molecule has 3 heteroatoms. The topological polar surface area (TPSA) is 32.5 Å². The van der Waals surface area contributed by atoms with E-state index in [0.29, 0.717) is 6.04 Å². The van der Waals surface area contributed by atoms with E-state index < -0.39 is 0 Å². The summed E-state index contributed by atoms with van der Waals surface area (Å²) < 4.78 is 0. The lowest BCUT2D eigenvalue weighted by Gasteiger charge is -2.52. The third kappa shape index (κ3) is 2.57. The van der Waals surface area contributed by atoms with E-state index in [1.54, 1.807) is 0 Å². The standard InChI is InChI=1S/C16H31N3/c1-13-10-18-8-4-7-15(18)11-19(13)16(2,12-17)9-14-5-3-6-14/h13-15H,3-12,17H2,1-2H3. The van der Waals surface area contributed by atoms with E-state index in [9.17, 15) is 0 Å². The second kappa shape index (κ2) is 5.34. The Labute approximate surface area is 118 Å². The Morgan fingerprint density at radius 1 is 1.16 bits per heavy atom. The molecule has 2 aliphatic heterocycles. The van der Waals surface area contributed by atoms with E-state index in [2.05, 4.69) is 23.6 Å². The number of fused-ring (bicyclic) bond motifs is 1. The van der Waals surface area contributed by atoms with E-state index in [0.717, 1.165) is 18.5 Å². The summed E-state index contributed by atoms with van der Waals surface area (Å²) in [7, 11) is 0. The number of nitrogens with two attached hydrogens (primary N) is 1. The van der Waals surface area contributed by atoms with Crippen molar-refractivity contribution in [1.29, 1.82) is 0 Å². The predicted molar refractivity (Wildman–Crippen MR) is 80.2 cm³/mol. The van der Waals surface area contributed by atoms with Crippen molar-refractivity contribution in [1.82, 2.24) is 9.80 Å². The van der Waals surface area contributed by atoms with Crippen LogP contribution in [0.3, 0.4) is 0 Å². The number of rotatable bonds is 4. The van der Waals surface area contributed by atoms with Crippen LogP contribution in [0.25, 0.3) is 0 Å². The molecule has 3 nitrogen and oxygen atoms in total. The zero-order chi connectivity index (χ0) is 13.5. The summed E-state index contributed by atoms with van der Waals surface area (Å²) in [5.41, 5.74) is 6.44. The number of hydrogen-bond donors (Lipinski definition) is 1. The first kappa shape index (κ1) is 13.8. The van der Waals surface area contributed by atoms with Gasteiger partial charge in [-0.2, -0.15) is 0 Å². The van der Waals surface area contributed by atoms with Gasteiger partial charge >= 0.3 is 0 Å². The molecule has 1 saturated carbocycles. The highest BCUT2D eigenvalue weighted by atomic mass is 15.3. The van der Waals surface area contributed by atoms with Crippen LogP contribution in [0.5, 0.6) is 0 Å². The minimum Gasteiger partial charge on any atom is -0.329 e. The summed E-state index contributed by atoms with van der Waals surface area (Å²) in [5, 5.41) is 0. The number of hydrogen-bond acceptors (Lipinski definition) is 3. The fourth-order valence-corrected chi connectivity index (χ4v) is 4.58. The number of nitrogens with zero attached hydrogens (tertiary/aromatic N) is 2. The molecule has 3 unspecified atom stereocenters. The second-order valence-electron chi connectivity index (χ2n) is 7.49. The van der Waals surface area contributed by atoms with E-state index in [1.807, 2.05) is 0 Å². The molecule has 2 saturated heterocycles. The minimum atomic E-state index is 0.235. The van der Waals surface area contributed by atoms with Gasteiger partial charge in [0.2, 0.25) is 0 Å². The fourth-order valence-electron chi connectivity index (χ4n) is 4.58. The smallest absolute Gasteiger partial charge is 0.0310 e. The zero-order valence-electron chi connectivity index (χ0n) is 12.8. The highest BCUT2D eigenvalue weighted by molar-refractivity contribution is 5.00. The highest BCUT2D eigenvalue weighted by Gasteiger charge is 2.43. The number of piperazine rings is 1. The van der Waals surface area contributed by atoms with Crippen LogP contribution in [-0.2, 0) is 0 Å². The van der Waals surface area contributed by atoms with Gasteiger partial charge in [0.25, 0.3) is 0 Å². The van der Waals surface area contributed by atoms with Crippen LogP contribution in [0.2, 0.25) is 0 Å². The summed E-state index contributed by atoms with van der Waals surface area (Å²) in [6.07, 6.45) is 8.43. The molecule has 1 aliphatic carbocycles. The lowest BCUT2D eigenvalue weighted by molar-refractivity contribution is -0.0281. The quantitative estimate of drug-likeness (QED) is 0.844. The molecule has 19 heavy (non-hydrogen) atoms. The van der Waals surface area contributed by atoms with Crippen molar-refractivity contribution in [3.63, 3.8) is 0 Å². The van der Waals surface area contributed by atoms with Crippen LogP contribution in [0.15, 0.2) is 0 Å². The molecule has 110 valence electrons. The summed E-state index contributed by atoms with van der Waals surface area (Å²) in [4.78, 5) is 5.47. The predicted octanol–water partition coefficient (Wildman–Crippen LogP) is 2.06. The molecular weight excluding hydrogens is 234 g/mol. The van der Waals surface area contributed by atoms with Gasteiger partial charge < -0.3 is 5.73 Å². The first-order chi connectivity index (χ1) is 9.12. The SMILES string of the molecule is CC1CN2CCCC2CN1C(C)(CN)CC1CCC1. The maximum absolute atomic E-state index is 6.21. The van der Waals surface area contributed by atoms with Crippen molar-refractivity contribution >= 4 is 0 Å². The molecule has 3 rings (SSSR count). The lowest BCUT2D eigenvalue weighted by Crippen LogP contribution is -2.64. The Morgan fingerprint density at radius 3 is 2.58 bits per heavy atom. The van der Waals surface area contributed by atoms with Crippen molar-refractivity contribution in [2.45, 2.75) is 70.0 Å². The van der Waals surface area contributed by atoms with E-state index in [1.165, 1.54) is 58.2 Å². The summed E-state index contributed by atoms with van der Waals surface area (Å²) in [6.45, 7) is 9.48. The van der Waals surface area contributed by atoms with Crippen molar-refractivity contribution < 1.29 is 0 Å². The largest absolute Gasteiger partial charge is 0.329 e. The average molecular weight is 265 g/mol. The van der Waals surface area contributed by atoms with Crippen LogP contribution in [0.4, 0.5) is 0 Å². The summed E-state index contributed by atoms with van der Waals surface area (Å²) in [5.74, 6) is 0.947. The Bertz CT molecular complexity index is 315. The Balaban J connectivity index is 1.70. The van der Waals surface area contributed by atoms with Crippen LogP contribution in [0, 0.1) is 5.92 Å². The van der Waals surface area contributed by atoms with Crippen molar-refractivity contribution in [3.8, 4) is 0 Å². The molecular formula is C16H31N3. The zero-order valence-corrected chi connectivity index (χ0v) is 12.8. The van der Waals surface area contributed by atoms with Crippen LogP contribution >= 0.6 is 0 Å². The first-order valence-corrected chi connectivity index (χ1v) is 8.33. The van der Waals surface area contributed by atoms with E-state index in [-0.39, 0.29) is 5.54 Å². The molecule has 0 amide bonds. The minimum absolute atomic E-state index is 0.235. The first-order valence-electron chi connectivity index (χ1n) is 8.33. The van der Waals surface area contributed by atoms with Gasteiger partial charge in [-0.3, -0.25) is 9.80 Å². The van der Waals surface area contributed by atoms with E-state index in [4.69, 9.17) is 5.73 Å². The normalized spacial score (nSPS) is 36.8. The van der Waals surface area contributed by atoms with Gasteiger partial charge in [-0.05, 0) is 45.6 Å². The summed E-state index contributed by atoms with van der Waals surface area (Å²) >= 11 is 0. The third-order valence-corrected chi connectivity index (χ3v) is 6.02. The Hall–Kier alpha value is -0.120. The van der Waals surface area contributed by atoms with Gasteiger partial charge in [-0.25, -0.2) is 0 Å². The molecule has 0 radical (unpaired) electrons. The molecule has 2 heterocycles. The molecule has 3 aliphatic rings. The van der Waals surface area contributed by atoms with E-state index >= 15 is 0 Å². The highest BCUT2D eigenvalue weighted by Crippen LogP contribution is 2.38. The molecule has 0 spiro atoms. The van der Waals surface area contributed by atoms with Gasteiger partial charge in [0.1, 0.15) is 0 Å².